The van der Waals surface area contributed by atoms with Crippen LogP contribution in [0.1, 0.15) is 0 Å². The van der Waals surface area contributed by atoms with Gasteiger partial charge in [0, 0.05) is 0 Å². The Kier molecular flexibility index (Phi) is 2.50. The Morgan fingerprint density at radius 1 is 1.23 bits per heavy atom. The van der Waals surface area contributed by atoms with Gasteiger partial charge in [-0.2, -0.15) is 0 Å². The first-order valence-corrected chi connectivity index (χ1v) is 3.42. The molecule has 1 aliphatic rings. The lowest BCUT2D eigenvalue weighted by Crippen LogP contribution is -2.57. The first kappa shape index (κ1) is 9.90. The predicted octanol–water partition coefficient (Wildman–Crippen LogP) is -2.92. The fraction of sp³-hybridized carbons (Fsp3) is 0.667. The Hall–Kier alpha value is -1.18. The first-order valence-electron chi connectivity index (χ1n) is 3.42. The van der Waals surface area contributed by atoms with Crippen LogP contribution in [-0.2, 0) is 14.3 Å². The summed E-state index contributed by atoms with van der Waals surface area (Å²) in [5, 5.41) is 35.2. The lowest BCUT2D eigenvalue weighted by atomic mass is 10.00. The van der Waals surface area contributed by atoms with Crippen molar-refractivity contribution >= 4 is 11.9 Å². The quantitative estimate of drug-likeness (QED) is 0.328. The molecule has 74 valence electrons. The Labute approximate surface area is 72.2 Å². The molecule has 4 atom stereocenters. The molecule has 1 fully saturated rings. The van der Waals surface area contributed by atoms with Gasteiger partial charge in [-0.3, -0.25) is 0 Å². The van der Waals surface area contributed by atoms with Crippen LogP contribution in [0.3, 0.4) is 0 Å². The second kappa shape index (κ2) is 3.29. The molecule has 7 nitrogen and oxygen atoms in total. The summed E-state index contributed by atoms with van der Waals surface area (Å²) in [6.45, 7) is 0. The molecule has 0 spiro atoms. The van der Waals surface area contributed by atoms with Gasteiger partial charge in [0.15, 0.2) is 6.10 Å². The van der Waals surface area contributed by atoms with Crippen LogP contribution >= 0.6 is 0 Å². The minimum absolute atomic E-state index is 1.26. The van der Waals surface area contributed by atoms with E-state index in [2.05, 4.69) is 4.74 Å². The van der Waals surface area contributed by atoms with Gasteiger partial charge in [-0.15, -0.1) is 0 Å². The number of carboxylic acids is 1. The molecule has 0 unspecified atom stereocenters. The van der Waals surface area contributed by atoms with E-state index in [1.807, 2.05) is 0 Å². The van der Waals surface area contributed by atoms with Crippen LogP contribution in [0.2, 0.25) is 0 Å². The van der Waals surface area contributed by atoms with Crippen LogP contribution in [0, 0.1) is 0 Å². The molecule has 0 saturated carbocycles. The number of hydrogen-bond acceptors (Lipinski definition) is 6. The van der Waals surface area contributed by atoms with Crippen molar-refractivity contribution in [3.05, 3.63) is 0 Å². The molecule has 7 heteroatoms. The Morgan fingerprint density at radius 3 is 2.23 bits per heavy atom. The minimum Gasteiger partial charge on any atom is -0.478 e. The highest BCUT2D eigenvalue weighted by molar-refractivity contribution is 5.83. The van der Waals surface area contributed by atoms with E-state index in [9.17, 15) is 9.59 Å². The van der Waals surface area contributed by atoms with Crippen molar-refractivity contribution in [2.24, 2.45) is 0 Å². The number of cyclic esters (lactones) is 1. The maximum Gasteiger partial charge on any atom is 0.347 e. The van der Waals surface area contributed by atoms with Crippen molar-refractivity contribution in [1.29, 1.82) is 0 Å². The predicted molar refractivity (Wildman–Crippen MR) is 35.5 cm³/mol. The normalized spacial score (nSPS) is 39.8. The average molecular weight is 192 g/mol. The molecule has 13 heavy (non-hydrogen) atoms. The number of hydrogen-bond donors (Lipinski definition) is 4. The number of esters is 1. The van der Waals surface area contributed by atoms with E-state index < -0.39 is 36.4 Å². The molecule has 4 N–H and O–H groups in total. The summed E-state index contributed by atoms with van der Waals surface area (Å²) in [7, 11) is 0. The lowest BCUT2D eigenvalue weighted by Gasteiger charge is -2.31. The number of ether oxygens (including phenoxy) is 1. The summed E-state index contributed by atoms with van der Waals surface area (Å²) in [5.41, 5.74) is 0. The van der Waals surface area contributed by atoms with Crippen molar-refractivity contribution in [2.45, 2.75) is 24.4 Å². The number of aliphatic hydroxyl groups excluding tert-OH is 3. The molecule has 0 aromatic rings. The van der Waals surface area contributed by atoms with E-state index in [4.69, 9.17) is 20.4 Å². The topological polar surface area (TPSA) is 124 Å². The SMILES string of the molecule is O=C1O[C@@H](C(=O)O)[C@@H](O)[C@H](O)[C@@H]1O. The van der Waals surface area contributed by atoms with Crippen LogP contribution in [0.15, 0.2) is 0 Å². The second-order valence-corrected chi connectivity index (χ2v) is 2.62. The van der Waals surface area contributed by atoms with Gasteiger partial charge in [0.2, 0.25) is 6.10 Å². The third-order valence-corrected chi connectivity index (χ3v) is 1.71. The Morgan fingerprint density at radius 2 is 1.77 bits per heavy atom. The zero-order chi connectivity index (χ0) is 10.2. The fourth-order valence-corrected chi connectivity index (χ4v) is 0.966. The van der Waals surface area contributed by atoms with Gasteiger partial charge in [0.05, 0.1) is 0 Å². The highest BCUT2D eigenvalue weighted by atomic mass is 16.6. The van der Waals surface area contributed by atoms with Gasteiger partial charge in [0.25, 0.3) is 0 Å². The molecule has 1 heterocycles. The van der Waals surface area contributed by atoms with Crippen molar-refractivity contribution < 1.29 is 34.8 Å². The zero-order valence-electron chi connectivity index (χ0n) is 6.32. The van der Waals surface area contributed by atoms with Crippen molar-refractivity contribution in [1.82, 2.24) is 0 Å². The van der Waals surface area contributed by atoms with Gasteiger partial charge in [-0.1, -0.05) is 0 Å². The number of aliphatic carboxylic acids is 1. The van der Waals surface area contributed by atoms with E-state index in [0.29, 0.717) is 0 Å². The van der Waals surface area contributed by atoms with Gasteiger partial charge >= 0.3 is 11.9 Å². The van der Waals surface area contributed by atoms with E-state index in [1.54, 1.807) is 0 Å². The summed E-state index contributed by atoms with van der Waals surface area (Å²) >= 11 is 0. The minimum atomic E-state index is -1.90. The largest absolute Gasteiger partial charge is 0.478 e. The number of carboxylic acid groups (broad SMARTS) is 1. The lowest BCUT2D eigenvalue weighted by molar-refractivity contribution is -0.209. The van der Waals surface area contributed by atoms with Crippen molar-refractivity contribution in [3.8, 4) is 0 Å². The first-order chi connectivity index (χ1) is 5.95. The maximum atomic E-state index is 10.7. The molecule has 1 aliphatic heterocycles. The van der Waals surface area contributed by atoms with Crippen LogP contribution in [-0.4, -0.2) is 56.8 Å². The van der Waals surface area contributed by atoms with Gasteiger partial charge in [0.1, 0.15) is 12.2 Å². The van der Waals surface area contributed by atoms with Gasteiger partial charge in [-0.25, -0.2) is 9.59 Å². The number of carbonyl (C=O) groups is 2. The smallest absolute Gasteiger partial charge is 0.347 e. The molecule has 0 amide bonds. The molecule has 0 aromatic heterocycles. The van der Waals surface area contributed by atoms with E-state index >= 15 is 0 Å². The molecule has 1 rings (SSSR count). The summed E-state index contributed by atoms with van der Waals surface area (Å²) in [6.07, 6.45) is -7.37. The summed E-state index contributed by atoms with van der Waals surface area (Å²) < 4.78 is 4.14. The van der Waals surface area contributed by atoms with E-state index in [0.717, 1.165) is 0 Å². The number of rotatable bonds is 1. The van der Waals surface area contributed by atoms with Crippen molar-refractivity contribution in [3.63, 3.8) is 0 Å². The Bertz CT molecular complexity index is 237. The van der Waals surface area contributed by atoms with Crippen LogP contribution in [0.4, 0.5) is 0 Å². The fourth-order valence-electron chi connectivity index (χ4n) is 0.966. The van der Waals surface area contributed by atoms with Crippen LogP contribution in [0.25, 0.3) is 0 Å². The number of aliphatic hydroxyl groups is 3. The molecule has 0 bridgehead atoms. The third-order valence-electron chi connectivity index (χ3n) is 1.71. The van der Waals surface area contributed by atoms with Gasteiger partial charge in [-0.05, 0) is 0 Å². The number of carbonyl (C=O) groups excluding carboxylic acids is 1. The average Bonchev–Trinajstić information content (AvgIpc) is 2.07. The van der Waals surface area contributed by atoms with Gasteiger partial charge < -0.3 is 25.2 Å². The molecule has 0 aliphatic carbocycles. The highest BCUT2D eigenvalue weighted by Gasteiger charge is 2.46. The Balaban J connectivity index is 2.82. The summed E-state index contributed by atoms with van der Waals surface area (Å²) in [4.78, 5) is 21.0. The van der Waals surface area contributed by atoms with E-state index in [1.165, 1.54) is 0 Å². The summed E-state index contributed by atoms with van der Waals surface area (Å²) in [5.74, 6) is -2.84. The molecule has 0 radical (unpaired) electrons. The zero-order valence-corrected chi connectivity index (χ0v) is 6.32. The molecule has 0 aromatic carbocycles. The standard InChI is InChI=1S/C6H8O7/c7-1-2(8)4(5(10)11)13-6(12)3(1)9/h1-4,7-9H,(H,10,11)/t1-,2-,3-,4+/m0/s1. The summed E-state index contributed by atoms with van der Waals surface area (Å²) in [6, 6.07) is 0. The maximum absolute atomic E-state index is 10.7. The highest BCUT2D eigenvalue weighted by Crippen LogP contribution is 2.16. The van der Waals surface area contributed by atoms with Crippen molar-refractivity contribution in [2.75, 3.05) is 0 Å². The third kappa shape index (κ3) is 1.62. The van der Waals surface area contributed by atoms with Crippen LogP contribution in [0.5, 0.6) is 0 Å². The monoisotopic (exact) mass is 192 g/mol. The van der Waals surface area contributed by atoms with E-state index in [-0.39, 0.29) is 0 Å². The molecular weight excluding hydrogens is 184 g/mol. The van der Waals surface area contributed by atoms with Crippen LogP contribution < -0.4 is 0 Å². The molecular formula is C6H8O7. The second-order valence-electron chi connectivity index (χ2n) is 2.62. The molecule has 1 saturated heterocycles.